The summed E-state index contributed by atoms with van der Waals surface area (Å²) in [7, 11) is -3.20. The molecule has 3 N–H and O–H groups in total. The van der Waals surface area contributed by atoms with Crippen LogP contribution in [0.1, 0.15) is 28.8 Å². The van der Waals surface area contributed by atoms with E-state index in [9.17, 15) is 13.2 Å². The Kier molecular flexibility index (Phi) is 4.53. The first-order valence-electron chi connectivity index (χ1n) is 6.89. The molecule has 7 heteroatoms. The topological polar surface area (TPSA) is 92.5 Å². The normalized spacial score (nSPS) is 17.0. The number of anilines is 1. The number of benzene rings is 1. The number of sulfonamides is 1. The maximum absolute atomic E-state index is 12.5. The van der Waals surface area contributed by atoms with E-state index in [2.05, 4.69) is 4.72 Å². The van der Waals surface area contributed by atoms with Crippen molar-refractivity contribution in [2.24, 2.45) is 0 Å². The highest BCUT2D eigenvalue weighted by molar-refractivity contribution is 7.88. The van der Waals surface area contributed by atoms with E-state index in [0.717, 1.165) is 11.8 Å². The Hall–Kier alpha value is -1.60. The summed E-state index contributed by atoms with van der Waals surface area (Å²) in [5, 5.41) is 0. The number of rotatable bonds is 3. The molecule has 116 valence electrons. The zero-order valence-electron chi connectivity index (χ0n) is 12.3. The predicted molar refractivity (Wildman–Crippen MR) is 82.5 cm³/mol. The number of piperidine rings is 1. The molecular weight excluding hydrogens is 290 g/mol. The molecule has 2 rings (SSSR count). The van der Waals surface area contributed by atoms with Gasteiger partial charge in [0.2, 0.25) is 10.0 Å². The van der Waals surface area contributed by atoms with Gasteiger partial charge in [-0.05, 0) is 37.5 Å². The highest BCUT2D eigenvalue weighted by Gasteiger charge is 2.26. The molecule has 1 aromatic rings. The number of nitrogens with two attached hydrogens (primary N) is 1. The lowest BCUT2D eigenvalue weighted by Gasteiger charge is -2.32. The second-order valence-electron chi connectivity index (χ2n) is 5.48. The molecule has 0 atom stereocenters. The van der Waals surface area contributed by atoms with Crippen molar-refractivity contribution < 1.29 is 13.2 Å². The van der Waals surface area contributed by atoms with Crippen molar-refractivity contribution in [2.75, 3.05) is 25.1 Å². The smallest absolute Gasteiger partial charge is 0.254 e. The zero-order valence-corrected chi connectivity index (χ0v) is 13.1. The van der Waals surface area contributed by atoms with Gasteiger partial charge in [0.15, 0.2) is 0 Å². The Morgan fingerprint density at radius 1 is 1.33 bits per heavy atom. The van der Waals surface area contributed by atoms with Gasteiger partial charge in [-0.3, -0.25) is 4.79 Å². The Balaban J connectivity index is 2.02. The summed E-state index contributed by atoms with van der Waals surface area (Å²) in [6, 6.07) is 5.22. The Bertz CT molecular complexity index is 635. The van der Waals surface area contributed by atoms with Gasteiger partial charge >= 0.3 is 0 Å². The van der Waals surface area contributed by atoms with Crippen molar-refractivity contribution in [1.82, 2.24) is 9.62 Å². The van der Waals surface area contributed by atoms with E-state index in [-0.39, 0.29) is 11.9 Å². The van der Waals surface area contributed by atoms with Crippen LogP contribution in [0, 0.1) is 6.92 Å². The standard InChI is InChI=1S/C14H21N3O3S/c1-10-12(4-3-5-13(10)15)14(18)17-8-6-11(7-9-17)16-21(2,19)20/h3-5,11,16H,6-9,15H2,1-2H3. The number of carbonyl (C=O) groups is 1. The molecule has 0 saturated carbocycles. The summed E-state index contributed by atoms with van der Waals surface area (Å²) in [5.41, 5.74) is 7.84. The number of hydrogen-bond donors (Lipinski definition) is 2. The molecule has 0 unspecified atom stereocenters. The van der Waals surface area contributed by atoms with E-state index in [1.54, 1.807) is 23.1 Å². The minimum Gasteiger partial charge on any atom is -0.398 e. The summed E-state index contributed by atoms with van der Waals surface area (Å²) in [6.07, 6.45) is 2.40. The second-order valence-corrected chi connectivity index (χ2v) is 7.26. The van der Waals surface area contributed by atoms with Crippen LogP contribution < -0.4 is 10.5 Å². The number of hydrogen-bond acceptors (Lipinski definition) is 4. The molecular formula is C14H21N3O3S. The van der Waals surface area contributed by atoms with Crippen molar-refractivity contribution in [3.63, 3.8) is 0 Å². The molecule has 1 fully saturated rings. The van der Waals surface area contributed by atoms with Gasteiger partial charge in [0, 0.05) is 30.4 Å². The summed E-state index contributed by atoms with van der Waals surface area (Å²) >= 11 is 0. The molecule has 1 saturated heterocycles. The van der Waals surface area contributed by atoms with Gasteiger partial charge in [-0.2, -0.15) is 0 Å². The first kappa shape index (κ1) is 15.8. The van der Waals surface area contributed by atoms with Crippen LogP contribution in [0.4, 0.5) is 5.69 Å². The average molecular weight is 311 g/mol. The largest absolute Gasteiger partial charge is 0.398 e. The first-order chi connectivity index (χ1) is 9.78. The maximum Gasteiger partial charge on any atom is 0.254 e. The van der Waals surface area contributed by atoms with E-state index in [1.165, 1.54) is 0 Å². The van der Waals surface area contributed by atoms with Crippen molar-refractivity contribution in [1.29, 1.82) is 0 Å². The summed E-state index contributed by atoms with van der Waals surface area (Å²) < 4.78 is 25.0. The maximum atomic E-state index is 12.5. The van der Waals surface area contributed by atoms with Crippen LogP contribution in [0.3, 0.4) is 0 Å². The minimum absolute atomic E-state index is 0.0439. The van der Waals surface area contributed by atoms with Gasteiger partial charge in [-0.25, -0.2) is 13.1 Å². The van der Waals surface area contributed by atoms with Crippen LogP contribution in [-0.2, 0) is 10.0 Å². The quantitative estimate of drug-likeness (QED) is 0.805. The third-order valence-corrected chi connectivity index (χ3v) is 4.53. The monoisotopic (exact) mass is 311 g/mol. The van der Waals surface area contributed by atoms with Crippen LogP contribution in [-0.4, -0.2) is 44.6 Å². The van der Waals surface area contributed by atoms with E-state index < -0.39 is 10.0 Å². The van der Waals surface area contributed by atoms with E-state index in [4.69, 9.17) is 5.73 Å². The van der Waals surface area contributed by atoms with E-state index in [0.29, 0.717) is 37.2 Å². The first-order valence-corrected chi connectivity index (χ1v) is 8.79. The van der Waals surface area contributed by atoms with Crippen LogP contribution in [0.2, 0.25) is 0 Å². The molecule has 0 spiro atoms. The Morgan fingerprint density at radius 2 is 1.95 bits per heavy atom. The molecule has 0 aliphatic carbocycles. The van der Waals surface area contributed by atoms with E-state index in [1.807, 2.05) is 6.92 Å². The highest BCUT2D eigenvalue weighted by Crippen LogP contribution is 2.20. The van der Waals surface area contributed by atoms with Gasteiger partial charge in [-0.15, -0.1) is 0 Å². The molecule has 0 bridgehead atoms. The predicted octanol–water partition coefficient (Wildman–Crippen LogP) is 0.731. The van der Waals surface area contributed by atoms with Crippen molar-refractivity contribution >= 4 is 21.6 Å². The third-order valence-electron chi connectivity index (χ3n) is 3.77. The van der Waals surface area contributed by atoms with Gasteiger partial charge < -0.3 is 10.6 Å². The lowest BCUT2D eigenvalue weighted by molar-refractivity contribution is 0.0710. The molecule has 0 radical (unpaired) electrons. The molecule has 1 amide bonds. The van der Waals surface area contributed by atoms with Gasteiger partial charge in [0.1, 0.15) is 0 Å². The molecule has 1 aliphatic rings. The fraction of sp³-hybridized carbons (Fsp3) is 0.500. The van der Waals surface area contributed by atoms with Gasteiger partial charge in [0.25, 0.3) is 5.91 Å². The second kappa shape index (κ2) is 6.03. The third kappa shape index (κ3) is 3.95. The van der Waals surface area contributed by atoms with Crippen LogP contribution in [0.25, 0.3) is 0 Å². The van der Waals surface area contributed by atoms with Crippen molar-refractivity contribution in [2.45, 2.75) is 25.8 Å². The van der Waals surface area contributed by atoms with Crippen LogP contribution >= 0.6 is 0 Å². The highest BCUT2D eigenvalue weighted by atomic mass is 32.2. The lowest BCUT2D eigenvalue weighted by Crippen LogP contribution is -2.46. The molecule has 6 nitrogen and oxygen atoms in total. The number of nitrogen functional groups attached to an aromatic ring is 1. The van der Waals surface area contributed by atoms with Crippen LogP contribution in [0.15, 0.2) is 18.2 Å². The molecule has 1 heterocycles. The molecule has 1 aromatic carbocycles. The summed E-state index contributed by atoms with van der Waals surface area (Å²) in [6.45, 7) is 2.92. The number of likely N-dealkylation sites (tertiary alicyclic amines) is 1. The molecule has 1 aliphatic heterocycles. The number of carbonyl (C=O) groups excluding carboxylic acids is 1. The molecule has 0 aromatic heterocycles. The summed E-state index contributed by atoms with van der Waals surface area (Å²) in [4.78, 5) is 14.2. The van der Waals surface area contributed by atoms with Gasteiger partial charge in [-0.1, -0.05) is 6.07 Å². The van der Waals surface area contributed by atoms with E-state index >= 15 is 0 Å². The number of nitrogens with one attached hydrogen (secondary N) is 1. The minimum atomic E-state index is -3.20. The SMILES string of the molecule is Cc1c(N)cccc1C(=O)N1CCC(NS(C)(=O)=O)CC1. The summed E-state index contributed by atoms with van der Waals surface area (Å²) in [5.74, 6) is -0.0439. The fourth-order valence-electron chi connectivity index (χ4n) is 2.56. The zero-order chi connectivity index (χ0) is 15.6. The number of nitrogens with zero attached hydrogens (tertiary/aromatic N) is 1. The van der Waals surface area contributed by atoms with Crippen LogP contribution in [0.5, 0.6) is 0 Å². The van der Waals surface area contributed by atoms with Gasteiger partial charge in [0.05, 0.1) is 6.26 Å². The lowest BCUT2D eigenvalue weighted by atomic mass is 10.0. The Labute approximate surface area is 125 Å². The fourth-order valence-corrected chi connectivity index (χ4v) is 3.40. The average Bonchev–Trinajstić information content (AvgIpc) is 2.40. The van der Waals surface area contributed by atoms with Crippen molar-refractivity contribution in [3.05, 3.63) is 29.3 Å². The Morgan fingerprint density at radius 3 is 2.52 bits per heavy atom. The molecule has 21 heavy (non-hydrogen) atoms. The van der Waals surface area contributed by atoms with Crippen molar-refractivity contribution in [3.8, 4) is 0 Å². The number of amides is 1.